The second-order valence-electron chi connectivity index (χ2n) is 6.23. The molecule has 0 saturated carbocycles. The number of likely N-dealkylation sites (N-methyl/N-ethyl adjacent to an activating group) is 1. The Morgan fingerprint density at radius 1 is 1.07 bits per heavy atom. The van der Waals surface area contributed by atoms with Crippen LogP contribution in [0.4, 0.5) is 13.2 Å². The molecule has 0 radical (unpaired) electrons. The average molecular weight is 379 g/mol. The van der Waals surface area contributed by atoms with E-state index in [-0.39, 0.29) is 24.7 Å². The lowest BCUT2D eigenvalue weighted by Gasteiger charge is -2.18. The molecule has 0 fully saturated rings. The predicted molar refractivity (Wildman–Crippen MR) is 98.7 cm³/mol. The molecular weight excluding hydrogens is 355 g/mol. The van der Waals surface area contributed by atoms with Crippen LogP contribution in [-0.2, 0) is 36.8 Å². The predicted octanol–water partition coefficient (Wildman–Crippen LogP) is 4.70. The zero-order valence-corrected chi connectivity index (χ0v) is 15.7. The Morgan fingerprint density at radius 3 is 2.37 bits per heavy atom. The molecule has 0 saturated heterocycles. The average Bonchev–Trinajstić information content (AvgIpc) is 2.65. The van der Waals surface area contributed by atoms with Crippen LogP contribution in [0.2, 0.25) is 0 Å². The highest BCUT2D eigenvalue weighted by Gasteiger charge is 2.34. The second kappa shape index (κ2) is 8.93. The van der Waals surface area contributed by atoms with Gasteiger partial charge in [-0.2, -0.15) is 13.2 Å². The second-order valence-corrected chi connectivity index (χ2v) is 6.23. The van der Waals surface area contributed by atoms with Crippen molar-refractivity contribution < 1.29 is 22.7 Å². The largest absolute Gasteiger partial charge is 0.488 e. The van der Waals surface area contributed by atoms with Crippen molar-refractivity contribution in [2.75, 3.05) is 7.05 Å². The summed E-state index contributed by atoms with van der Waals surface area (Å²) in [6.45, 7) is 3.74. The van der Waals surface area contributed by atoms with Crippen LogP contribution in [0.3, 0.4) is 0 Å². The molecule has 6 heteroatoms. The molecule has 27 heavy (non-hydrogen) atoms. The molecule has 2 aromatic carbocycles. The normalized spacial score (nSPS) is 11.3. The first kappa shape index (κ1) is 20.8. The maximum Gasteiger partial charge on any atom is 0.419 e. The van der Waals surface area contributed by atoms with Crippen LogP contribution in [0.25, 0.3) is 0 Å². The van der Waals surface area contributed by atoms with Gasteiger partial charge >= 0.3 is 6.18 Å². The minimum absolute atomic E-state index is 0.0229. The van der Waals surface area contributed by atoms with Crippen LogP contribution in [0.5, 0.6) is 5.75 Å². The number of halogens is 3. The van der Waals surface area contributed by atoms with Crippen molar-refractivity contribution in [2.45, 2.75) is 45.9 Å². The number of alkyl halides is 3. The molecule has 0 aliphatic rings. The van der Waals surface area contributed by atoms with Gasteiger partial charge in [0.05, 0.1) is 12.0 Å². The van der Waals surface area contributed by atoms with Crippen molar-refractivity contribution in [1.82, 2.24) is 5.32 Å². The molecule has 0 unspecified atom stereocenters. The first-order valence-electron chi connectivity index (χ1n) is 8.93. The quantitative estimate of drug-likeness (QED) is 0.757. The fourth-order valence-corrected chi connectivity index (χ4v) is 2.93. The van der Waals surface area contributed by atoms with E-state index in [1.54, 1.807) is 26.1 Å². The number of amides is 1. The van der Waals surface area contributed by atoms with Crippen LogP contribution in [0.15, 0.2) is 36.4 Å². The SMILES string of the molecule is CCc1ccc(OCc2c(CC)cccc2CC(=O)NC)c(C(F)(F)F)c1. The number of hydrogen-bond acceptors (Lipinski definition) is 2. The summed E-state index contributed by atoms with van der Waals surface area (Å²) >= 11 is 0. The number of ether oxygens (including phenoxy) is 1. The van der Waals surface area contributed by atoms with Gasteiger partial charge in [-0.05, 0) is 47.2 Å². The number of nitrogens with one attached hydrogen (secondary N) is 1. The van der Waals surface area contributed by atoms with Gasteiger partial charge in [-0.1, -0.05) is 38.1 Å². The minimum atomic E-state index is -4.49. The molecule has 0 aliphatic heterocycles. The van der Waals surface area contributed by atoms with E-state index in [0.717, 1.165) is 22.8 Å². The third-order valence-electron chi connectivity index (χ3n) is 4.51. The molecule has 1 N–H and O–H groups in total. The molecule has 0 atom stereocenters. The fourth-order valence-electron chi connectivity index (χ4n) is 2.93. The topological polar surface area (TPSA) is 38.3 Å². The van der Waals surface area contributed by atoms with Crippen LogP contribution >= 0.6 is 0 Å². The van der Waals surface area contributed by atoms with Crippen molar-refractivity contribution in [3.05, 3.63) is 64.2 Å². The van der Waals surface area contributed by atoms with Crippen molar-refractivity contribution in [3.63, 3.8) is 0 Å². The van der Waals surface area contributed by atoms with Crippen LogP contribution in [-0.4, -0.2) is 13.0 Å². The number of aryl methyl sites for hydroxylation is 2. The molecule has 0 heterocycles. The lowest BCUT2D eigenvalue weighted by Crippen LogP contribution is -2.21. The summed E-state index contributed by atoms with van der Waals surface area (Å²) < 4.78 is 45.8. The summed E-state index contributed by atoms with van der Waals surface area (Å²) in [7, 11) is 1.55. The summed E-state index contributed by atoms with van der Waals surface area (Å²) in [5.41, 5.74) is 2.30. The van der Waals surface area contributed by atoms with E-state index in [1.165, 1.54) is 6.07 Å². The van der Waals surface area contributed by atoms with Gasteiger partial charge in [0.2, 0.25) is 5.91 Å². The number of carbonyl (C=O) groups is 1. The molecule has 0 spiro atoms. The van der Waals surface area contributed by atoms with Gasteiger partial charge in [-0.3, -0.25) is 4.79 Å². The molecule has 3 nitrogen and oxygen atoms in total. The molecule has 0 bridgehead atoms. The summed E-state index contributed by atoms with van der Waals surface area (Å²) in [5.74, 6) is -0.357. The lowest BCUT2D eigenvalue weighted by molar-refractivity contribution is -0.139. The Kier molecular flexibility index (Phi) is 6.88. The zero-order valence-electron chi connectivity index (χ0n) is 15.7. The van der Waals surface area contributed by atoms with Crippen LogP contribution in [0.1, 0.15) is 41.7 Å². The van der Waals surface area contributed by atoms with Gasteiger partial charge in [-0.15, -0.1) is 0 Å². The van der Waals surface area contributed by atoms with Crippen molar-refractivity contribution in [1.29, 1.82) is 0 Å². The Labute approximate surface area is 157 Å². The van der Waals surface area contributed by atoms with Gasteiger partial charge < -0.3 is 10.1 Å². The third kappa shape index (κ3) is 5.25. The Hall–Kier alpha value is -2.50. The van der Waals surface area contributed by atoms with Crippen LogP contribution < -0.4 is 10.1 Å². The molecular formula is C21H24F3NO2. The maximum atomic E-state index is 13.4. The van der Waals surface area contributed by atoms with Gasteiger partial charge in [0.1, 0.15) is 12.4 Å². The van der Waals surface area contributed by atoms with E-state index in [2.05, 4.69) is 5.32 Å². The van der Waals surface area contributed by atoms with E-state index in [4.69, 9.17) is 4.74 Å². The van der Waals surface area contributed by atoms with E-state index in [1.807, 2.05) is 19.1 Å². The number of benzene rings is 2. The van der Waals surface area contributed by atoms with Crippen molar-refractivity contribution in [2.24, 2.45) is 0 Å². The highest BCUT2D eigenvalue weighted by molar-refractivity contribution is 5.78. The Bertz CT molecular complexity index is 800. The lowest BCUT2D eigenvalue weighted by atomic mass is 9.97. The maximum absolute atomic E-state index is 13.4. The molecule has 0 aliphatic carbocycles. The smallest absolute Gasteiger partial charge is 0.419 e. The number of rotatable bonds is 7. The van der Waals surface area contributed by atoms with E-state index in [0.29, 0.717) is 18.4 Å². The van der Waals surface area contributed by atoms with Gasteiger partial charge in [0.25, 0.3) is 0 Å². The van der Waals surface area contributed by atoms with Crippen molar-refractivity contribution >= 4 is 5.91 Å². The first-order valence-corrected chi connectivity index (χ1v) is 8.93. The van der Waals surface area contributed by atoms with E-state index >= 15 is 0 Å². The molecule has 0 aromatic heterocycles. The summed E-state index contributed by atoms with van der Waals surface area (Å²) in [6, 6.07) is 9.69. The highest BCUT2D eigenvalue weighted by atomic mass is 19.4. The van der Waals surface area contributed by atoms with E-state index < -0.39 is 11.7 Å². The zero-order chi connectivity index (χ0) is 20.0. The Balaban J connectivity index is 2.35. The van der Waals surface area contributed by atoms with Crippen molar-refractivity contribution in [3.8, 4) is 5.75 Å². The summed E-state index contributed by atoms with van der Waals surface area (Å²) in [6.07, 6.45) is -3.13. The molecule has 146 valence electrons. The number of hydrogen-bond donors (Lipinski definition) is 1. The monoisotopic (exact) mass is 379 g/mol. The molecule has 2 rings (SSSR count). The summed E-state index contributed by atoms with van der Waals surface area (Å²) in [4.78, 5) is 11.8. The van der Waals surface area contributed by atoms with Crippen LogP contribution in [0, 0.1) is 0 Å². The van der Waals surface area contributed by atoms with E-state index in [9.17, 15) is 18.0 Å². The first-order chi connectivity index (χ1) is 12.8. The van der Waals surface area contributed by atoms with Gasteiger partial charge in [0, 0.05) is 7.05 Å². The third-order valence-corrected chi connectivity index (χ3v) is 4.51. The number of carbonyl (C=O) groups excluding carboxylic acids is 1. The highest BCUT2D eigenvalue weighted by Crippen LogP contribution is 2.37. The molecule has 2 aromatic rings. The Morgan fingerprint density at radius 2 is 1.78 bits per heavy atom. The van der Waals surface area contributed by atoms with Gasteiger partial charge in [0.15, 0.2) is 0 Å². The summed E-state index contributed by atoms with van der Waals surface area (Å²) in [5, 5.41) is 2.57. The fraction of sp³-hybridized carbons (Fsp3) is 0.381. The standard InChI is InChI=1S/C21H24F3NO2/c1-4-14-9-10-19(18(11-14)21(22,23)24)27-13-17-15(5-2)7-6-8-16(17)12-20(26)25-3/h6-11H,4-5,12-13H2,1-3H3,(H,25,26). The molecule has 1 amide bonds. The van der Waals surface area contributed by atoms with Gasteiger partial charge in [-0.25, -0.2) is 0 Å². The minimum Gasteiger partial charge on any atom is -0.488 e.